The van der Waals surface area contributed by atoms with Gasteiger partial charge in [0.15, 0.2) is 5.82 Å². The predicted molar refractivity (Wildman–Crippen MR) is 69.2 cm³/mol. The molecule has 2 aromatic rings. The summed E-state index contributed by atoms with van der Waals surface area (Å²) in [5.41, 5.74) is 1.28. The van der Waals surface area contributed by atoms with E-state index < -0.39 is 0 Å². The standard InChI is InChI=1S/C14H16N4O/c1-9-3-2-4-10(5-9)13-17-14(19-18-13)11-6-12(7-15)16-8-11/h6,8-10,16H,2-5H2,1H3. The highest BCUT2D eigenvalue weighted by Gasteiger charge is 2.25. The van der Waals surface area contributed by atoms with Crippen molar-refractivity contribution in [3.63, 3.8) is 0 Å². The Balaban J connectivity index is 1.81. The van der Waals surface area contributed by atoms with Crippen LogP contribution in [-0.4, -0.2) is 15.1 Å². The summed E-state index contributed by atoms with van der Waals surface area (Å²) >= 11 is 0. The maximum atomic E-state index is 8.79. The van der Waals surface area contributed by atoms with Gasteiger partial charge in [-0.3, -0.25) is 0 Å². The molecule has 1 saturated carbocycles. The lowest BCUT2D eigenvalue weighted by atomic mass is 9.82. The minimum atomic E-state index is 0.413. The number of nitrogens with zero attached hydrogens (tertiary/aromatic N) is 3. The highest BCUT2D eigenvalue weighted by Crippen LogP contribution is 2.35. The second kappa shape index (κ2) is 4.88. The van der Waals surface area contributed by atoms with Crippen molar-refractivity contribution in [1.82, 2.24) is 15.1 Å². The molecule has 2 atom stereocenters. The van der Waals surface area contributed by atoms with E-state index >= 15 is 0 Å². The normalized spacial score (nSPS) is 23.2. The van der Waals surface area contributed by atoms with Gasteiger partial charge in [0, 0.05) is 12.1 Å². The zero-order valence-electron chi connectivity index (χ0n) is 10.9. The van der Waals surface area contributed by atoms with Gasteiger partial charge >= 0.3 is 0 Å². The molecule has 2 unspecified atom stereocenters. The Hall–Kier alpha value is -2.09. The van der Waals surface area contributed by atoms with E-state index in [1.165, 1.54) is 12.8 Å². The Kier molecular flexibility index (Phi) is 3.08. The molecule has 5 heteroatoms. The summed E-state index contributed by atoms with van der Waals surface area (Å²) in [6.45, 7) is 2.28. The molecule has 1 N–H and O–H groups in total. The van der Waals surface area contributed by atoms with Crippen molar-refractivity contribution < 1.29 is 4.52 Å². The van der Waals surface area contributed by atoms with E-state index in [-0.39, 0.29) is 0 Å². The van der Waals surface area contributed by atoms with Crippen LogP contribution in [0.25, 0.3) is 11.5 Å². The molecule has 1 fully saturated rings. The molecule has 1 aliphatic rings. The fourth-order valence-corrected chi connectivity index (χ4v) is 2.77. The number of H-pyrrole nitrogens is 1. The van der Waals surface area contributed by atoms with Crippen LogP contribution in [0.1, 0.15) is 50.0 Å². The van der Waals surface area contributed by atoms with Crippen molar-refractivity contribution >= 4 is 0 Å². The molecule has 2 aromatic heterocycles. The fourth-order valence-electron chi connectivity index (χ4n) is 2.77. The number of nitriles is 1. The first kappa shape index (κ1) is 12.0. The Morgan fingerprint density at radius 1 is 1.47 bits per heavy atom. The summed E-state index contributed by atoms with van der Waals surface area (Å²) in [4.78, 5) is 7.34. The van der Waals surface area contributed by atoms with Crippen molar-refractivity contribution in [1.29, 1.82) is 5.26 Å². The average molecular weight is 256 g/mol. The predicted octanol–water partition coefficient (Wildman–Crippen LogP) is 3.23. The molecule has 1 aliphatic carbocycles. The lowest BCUT2D eigenvalue weighted by Gasteiger charge is -2.23. The largest absolute Gasteiger partial charge is 0.352 e. The molecule has 0 bridgehead atoms. The molecule has 0 saturated heterocycles. The number of hydrogen-bond acceptors (Lipinski definition) is 4. The van der Waals surface area contributed by atoms with Gasteiger partial charge < -0.3 is 9.51 Å². The van der Waals surface area contributed by atoms with Crippen molar-refractivity contribution in [3.05, 3.63) is 23.8 Å². The van der Waals surface area contributed by atoms with E-state index in [4.69, 9.17) is 9.78 Å². The Morgan fingerprint density at radius 3 is 3.11 bits per heavy atom. The van der Waals surface area contributed by atoms with Gasteiger partial charge in [0.25, 0.3) is 5.89 Å². The average Bonchev–Trinajstić information content (AvgIpc) is 3.07. The second-order valence-corrected chi connectivity index (χ2v) is 5.34. The van der Waals surface area contributed by atoms with Crippen molar-refractivity contribution in [3.8, 4) is 17.5 Å². The number of rotatable bonds is 2. The first-order valence-electron chi connectivity index (χ1n) is 6.68. The Morgan fingerprint density at radius 2 is 2.37 bits per heavy atom. The molecule has 0 aromatic carbocycles. The van der Waals surface area contributed by atoms with E-state index in [1.54, 1.807) is 12.3 Å². The maximum absolute atomic E-state index is 8.79. The zero-order valence-corrected chi connectivity index (χ0v) is 10.9. The van der Waals surface area contributed by atoms with Crippen LogP contribution < -0.4 is 0 Å². The quantitative estimate of drug-likeness (QED) is 0.894. The van der Waals surface area contributed by atoms with Crippen LogP contribution in [0.2, 0.25) is 0 Å². The lowest BCUT2D eigenvalue weighted by molar-refractivity contribution is 0.324. The Bertz CT molecular complexity index is 607. The second-order valence-electron chi connectivity index (χ2n) is 5.34. The Labute approximate surface area is 111 Å². The fraction of sp³-hybridized carbons (Fsp3) is 0.500. The third kappa shape index (κ3) is 2.39. The number of nitrogens with one attached hydrogen (secondary N) is 1. The number of hydrogen-bond donors (Lipinski definition) is 1. The molecule has 5 nitrogen and oxygen atoms in total. The van der Waals surface area contributed by atoms with Crippen LogP contribution in [0.5, 0.6) is 0 Å². The smallest absolute Gasteiger partial charge is 0.259 e. The molecular formula is C14H16N4O. The van der Waals surface area contributed by atoms with Gasteiger partial charge in [0.1, 0.15) is 11.8 Å². The van der Waals surface area contributed by atoms with Gasteiger partial charge in [-0.1, -0.05) is 24.9 Å². The number of aromatic amines is 1. The third-order valence-electron chi connectivity index (χ3n) is 3.79. The van der Waals surface area contributed by atoms with Gasteiger partial charge in [-0.25, -0.2) is 0 Å². The van der Waals surface area contributed by atoms with E-state index in [1.807, 2.05) is 6.07 Å². The topological polar surface area (TPSA) is 78.5 Å². The minimum absolute atomic E-state index is 0.413. The molecule has 2 heterocycles. The molecule has 0 spiro atoms. The van der Waals surface area contributed by atoms with Crippen LogP contribution in [0, 0.1) is 17.2 Å². The summed E-state index contributed by atoms with van der Waals surface area (Å²) in [6, 6.07) is 3.77. The van der Waals surface area contributed by atoms with E-state index in [2.05, 4.69) is 22.0 Å². The first-order valence-corrected chi connectivity index (χ1v) is 6.68. The zero-order chi connectivity index (χ0) is 13.2. The van der Waals surface area contributed by atoms with Crippen LogP contribution in [0.3, 0.4) is 0 Å². The third-order valence-corrected chi connectivity index (χ3v) is 3.79. The SMILES string of the molecule is CC1CCCC(c2noc(-c3c[nH]c(C#N)c3)n2)C1. The van der Waals surface area contributed by atoms with Crippen LogP contribution in [0.4, 0.5) is 0 Å². The summed E-state index contributed by atoms with van der Waals surface area (Å²) in [6.07, 6.45) is 6.53. The van der Waals surface area contributed by atoms with Gasteiger partial charge in [-0.2, -0.15) is 10.2 Å². The molecule has 0 amide bonds. The van der Waals surface area contributed by atoms with Crippen molar-refractivity contribution in [2.24, 2.45) is 5.92 Å². The molecule has 3 rings (SSSR count). The lowest BCUT2D eigenvalue weighted by Crippen LogP contribution is -2.12. The summed E-state index contributed by atoms with van der Waals surface area (Å²) in [5, 5.41) is 12.9. The summed E-state index contributed by atoms with van der Waals surface area (Å²) in [7, 11) is 0. The van der Waals surface area contributed by atoms with E-state index in [0.717, 1.165) is 30.1 Å². The maximum Gasteiger partial charge on any atom is 0.259 e. The highest BCUT2D eigenvalue weighted by molar-refractivity contribution is 5.54. The van der Waals surface area contributed by atoms with Gasteiger partial charge in [0.2, 0.25) is 0 Å². The first-order chi connectivity index (χ1) is 9.26. The van der Waals surface area contributed by atoms with E-state index in [0.29, 0.717) is 17.5 Å². The van der Waals surface area contributed by atoms with Crippen LogP contribution in [0.15, 0.2) is 16.8 Å². The van der Waals surface area contributed by atoms with Gasteiger partial charge in [-0.05, 0) is 24.8 Å². The monoisotopic (exact) mass is 256 g/mol. The molecule has 0 aliphatic heterocycles. The van der Waals surface area contributed by atoms with Crippen molar-refractivity contribution in [2.75, 3.05) is 0 Å². The molecule has 19 heavy (non-hydrogen) atoms. The highest BCUT2D eigenvalue weighted by atomic mass is 16.5. The van der Waals surface area contributed by atoms with Crippen LogP contribution >= 0.6 is 0 Å². The summed E-state index contributed by atoms with van der Waals surface area (Å²) < 4.78 is 5.31. The van der Waals surface area contributed by atoms with Gasteiger partial charge in [-0.15, -0.1) is 0 Å². The van der Waals surface area contributed by atoms with E-state index in [9.17, 15) is 0 Å². The molecule has 0 radical (unpaired) electrons. The number of aromatic nitrogens is 3. The van der Waals surface area contributed by atoms with Gasteiger partial charge in [0.05, 0.1) is 5.56 Å². The van der Waals surface area contributed by atoms with Crippen molar-refractivity contribution in [2.45, 2.75) is 38.5 Å². The minimum Gasteiger partial charge on any atom is -0.352 e. The molecular weight excluding hydrogens is 240 g/mol. The van der Waals surface area contributed by atoms with Crippen LogP contribution in [-0.2, 0) is 0 Å². The summed E-state index contributed by atoms with van der Waals surface area (Å²) in [5.74, 6) is 2.45. The molecule has 98 valence electrons.